The summed E-state index contributed by atoms with van der Waals surface area (Å²) in [6, 6.07) is 65.2. The summed E-state index contributed by atoms with van der Waals surface area (Å²) in [5.41, 5.74) is 7.30. The standard InChI is InChI=1S/C48H30N2/c1-3-12-32(13-4-1)43-30-44(50-48(49-43)36-14-5-2-6-15-36)33-26-24-31(25-27-33)37-20-11-23-42-41-22-10-17-35-29-28-34-16-9-21-39(45(34)46(35)41)38-18-7-8-19-40(38)47(37)42/h1-30H. The lowest BCUT2D eigenvalue weighted by Gasteiger charge is -2.16. The fourth-order valence-electron chi connectivity index (χ4n) is 7.74. The van der Waals surface area contributed by atoms with Gasteiger partial charge in [-0.1, -0.05) is 176 Å². The van der Waals surface area contributed by atoms with Crippen molar-refractivity contribution in [3.8, 4) is 45.0 Å². The van der Waals surface area contributed by atoms with Crippen molar-refractivity contribution >= 4 is 53.9 Å². The quantitative estimate of drug-likeness (QED) is 0.180. The van der Waals surface area contributed by atoms with E-state index in [1.54, 1.807) is 0 Å². The van der Waals surface area contributed by atoms with Gasteiger partial charge in [-0.15, -0.1) is 0 Å². The van der Waals surface area contributed by atoms with E-state index in [4.69, 9.17) is 9.97 Å². The average Bonchev–Trinajstić information content (AvgIpc) is 3.20. The van der Waals surface area contributed by atoms with Crippen molar-refractivity contribution in [3.63, 3.8) is 0 Å². The van der Waals surface area contributed by atoms with Crippen molar-refractivity contribution < 1.29 is 0 Å². The van der Waals surface area contributed by atoms with E-state index in [2.05, 4.69) is 158 Å². The molecule has 0 aliphatic rings. The summed E-state index contributed by atoms with van der Waals surface area (Å²) in [5, 5.41) is 12.7. The molecule has 232 valence electrons. The maximum absolute atomic E-state index is 5.08. The maximum Gasteiger partial charge on any atom is 0.160 e. The van der Waals surface area contributed by atoms with Crippen molar-refractivity contribution in [1.82, 2.24) is 9.97 Å². The van der Waals surface area contributed by atoms with Crippen molar-refractivity contribution in [1.29, 1.82) is 0 Å². The predicted molar refractivity (Wildman–Crippen MR) is 211 cm³/mol. The van der Waals surface area contributed by atoms with Gasteiger partial charge in [0.05, 0.1) is 11.4 Å². The minimum absolute atomic E-state index is 0.719. The SMILES string of the molecule is c1ccc(-c2cc(-c3ccc(-c4cccc5c6cccc7ccc8cccc(c9ccccc9c45)c8c76)cc3)nc(-c3ccccc3)n2)cc1. The van der Waals surface area contributed by atoms with E-state index in [1.807, 2.05) is 24.3 Å². The third-order valence-corrected chi connectivity index (χ3v) is 10.0. The van der Waals surface area contributed by atoms with E-state index in [0.717, 1.165) is 33.9 Å². The Bertz CT molecular complexity index is 2840. The van der Waals surface area contributed by atoms with E-state index < -0.39 is 0 Å². The molecule has 0 N–H and O–H groups in total. The van der Waals surface area contributed by atoms with Crippen LogP contribution in [0, 0.1) is 0 Å². The number of aromatic nitrogens is 2. The number of nitrogens with zero attached hydrogens (tertiary/aromatic N) is 2. The molecule has 1 aromatic heterocycles. The largest absolute Gasteiger partial charge is 0.228 e. The first-order valence-electron chi connectivity index (χ1n) is 17.1. The van der Waals surface area contributed by atoms with Crippen LogP contribution in [-0.2, 0) is 0 Å². The minimum atomic E-state index is 0.719. The molecular formula is C48H30N2. The lowest BCUT2D eigenvalue weighted by molar-refractivity contribution is 1.18. The van der Waals surface area contributed by atoms with Crippen LogP contribution in [0.3, 0.4) is 0 Å². The molecular weight excluding hydrogens is 605 g/mol. The second kappa shape index (κ2) is 11.5. The molecule has 9 aromatic carbocycles. The third kappa shape index (κ3) is 4.57. The van der Waals surface area contributed by atoms with E-state index in [1.165, 1.54) is 65.0 Å². The second-order valence-electron chi connectivity index (χ2n) is 12.9. The van der Waals surface area contributed by atoms with Gasteiger partial charge in [0.2, 0.25) is 0 Å². The van der Waals surface area contributed by atoms with Crippen LogP contribution in [0.4, 0.5) is 0 Å². The van der Waals surface area contributed by atoms with Crippen molar-refractivity contribution in [3.05, 3.63) is 182 Å². The van der Waals surface area contributed by atoms with Crippen LogP contribution < -0.4 is 0 Å². The van der Waals surface area contributed by atoms with Gasteiger partial charge < -0.3 is 0 Å². The zero-order chi connectivity index (χ0) is 33.0. The van der Waals surface area contributed by atoms with Gasteiger partial charge in [-0.05, 0) is 71.1 Å². The Labute approximate surface area is 290 Å². The molecule has 1 heterocycles. The zero-order valence-electron chi connectivity index (χ0n) is 27.2. The van der Waals surface area contributed by atoms with Crippen molar-refractivity contribution in [2.45, 2.75) is 0 Å². The van der Waals surface area contributed by atoms with Crippen LogP contribution >= 0.6 is 0 Å². The van der Waals surface area contributed by atoms with Crippen LogP contribution in [0.25, 0.3) is 98.9 Å². The monoisotopic (exact) mass is 634 g/mol. The molecule has 0 unspecified atom stereocenters. The number of hydrogen-bond acceptors (Lipinski definition) is 2. The Morgan fingerprint density at radius 3 is 1.36 bits per heavy atom. The third-order valence-electron chi connectivity index (χ3n) is 10.0. The Kier molecular flexibility index (Phi) is 6.53. The van der Waals surface area contributed by atoms with E-state index >= 15 is 0 Å². The summed E-state index contributed by atoms with van der Waals surface area (Å²) < 4.78 is 0. The topological polar surface area (TPSA) is 25.8 Å². The molecule has 10 aromatic rings. The fraction of sp³-hybridized carbons (Fsp3) is 0. The molecule has 0 aliphatic heterocycles. The molecule has 0 aliphatic carbocycles. The average molecular weight is 635 g/mol. The molecule has 0 amide bonds. The van der Waals surface area contributed by atoms with Crippen LogP contribution in [0.2, 0.25) is 0 Å². The molecule has 0 atom stereocenters. The van der Waals surface area contributed by atoms with E-state index in [9.17, 15) is 0 Å². The Hall–Kier alpha value is -6.64. The van der Waals surface area contributed by atoms with Gasteiger partial charge in [0.15, 0.2) is 5.82 Å². The van der Waals surface area contributed by atoms with Crippen LogP contribution in [0.1, 0.15) is 0 Å². The molecule has 0 spiro atoms. The van der Waals surface area contributed by atoms with E-state index in [0.29, 0.717) is 0 Å². The van der Waals surface area contributed by atoms with Gasteiger partial charge in [-0.25, -0.2) is 9.97 Å². The molecule has 2 heteroatoms. The summed E-state index contributed by atoms with van der Waals surface area (Å²) >= 11 is 0. The van der Waals surface area contributed by atoms with E-state index in [-0.39, 0.29) is 0 Å². The molecule has 2 nitrogen and oxygen atoms in total. The lowest BCUT2D eigenvalue weighted by atomic mass is 9.88. The van der Waals surface area contributed by atoms with Gasteiger partial charge in [-0.3, -0.25) is 0 Å². The molecule has 10 rings (SSSR count). The van der Waals surface area contributed by atoms with Gasteiger partial charge in [-0.2, -0.15) is 0 Å². The fourth-order valence-corrected chi connectivity index (χ4v) is 7.74. The first-order valence-corrected chi connectivity index (χ1v) is 17.1. The lowest BCUT2D eigenvalue weighted by Crippen LogP contribution is -1.95. The second-order valence-corrected chi connectivity index (χ2v) is 12.9. The minimum Gasteiger partial charge on any atom is -0.228 e. The molecule has 50 heavy (non-hydrogen) atoms. The highest BCUT2D eigenvalue weighted by Gasteiger charge is 2.16. The number of rotatable bonds is 4. The molecule has 0 saturated heterocycles. The summed E-state index contributed by atoms with van der Waals surface area (Å²) in [4.78, 5) is 10.1. The number of fused-ring (bicyclic) bond motifs is 5. The van der Waals surface area contributed by atoms with Crippen LogP contribution in [0.15, 0.2) is 182 Å². The molecule has 0 fully saturated rings. The smallest absolute Gasteiger partial charge is 0.160 e. The first kappa shape index (κ1) is 28.4. The Balaban J connectivity index is 1.21. The van der Waals surface area contributed by atoms with Gasteiger partial charge in [0, 0.05) is 16.7 Å². The summed E-state index contributed by atoms with van der Waals surface area (Å²) in [7, 11) is 0. The van der Waals surface area contributed by atoms with Crippen molar-refractivity contribution in [2.24, 2.45) is 0 Å². The molecule has 0 bridgehead atoms. The molecule has 0 saturated carbocycles. The summed E-state index contributed by atoms with van der Waals surface area (Å²) in [5.74, 6) is 0.719. The first-order chi connectivity index (χ1) is 24.8. The van der Waals surface area contributed by atoms with Gasteiger partial charge in [0.25, 0.3) is 0 Å². The molecule has 0 radical (unpaired) electrons. The van der Waals surface area contributed by atoms with Gasteiger partial charge in [0.1, 0.15) is 0 Å². The summed E-state index contributed by atoms with van der Waals surface area (Å²) in [6.07, 6.45) is 0. The highest BCUT2D eigenvalue weighted by molar-refractivity contribution is 6.34. The number of hydrogen-bond donors (Lipinski definition) is 0. The Morgan fingerprint density at radius 1 is 0.280 bits per heavy atom. The Morgan fingerprint density at radius 2 is 0.720 bits per heavy atom. The normalized spacial score (nSPS) is 11.6. The van der Waals surface area contributed by atoms with Crippen molar-refractivity contribution in [2.75, 3.05) is 0 Å². The van der Waals surface area contributed by atoms with Crippen LogP contribution in [0.5, 0.6) is 0 Å². The summed E-state index contributed by atoms with van der Waals surface area (Å²) in [6.45, 7) is 0. The zero-order valence-corrected chi connectivity index (χ0v) is 27.2. The highest BCUT2D eigenvalue weighted by atomic mass is 14.9. The highest BCUT2D eigenvalue weighted by Crippen LogP contribution is 2.43. The van der Waals surface area contributed by atoms with Gasteiger partial charge >= 0.3 is 0 Å². The maximum atomic E-state index is 5.08. The number of benzene rings is 8. The van der Waals surface area contributed by atoms with Crippen LogP contribution in [-0.4, -0.2) is 9.97 Å². The predicted octanol–water partition coefficient (Wildman–Crippen LogP) is 12.9.